The van der Waals surface area contributed by atoms with E-state index in [9.17, 15) is 8.78 Å². The SMILES string of the molecule is CN=CC(=CN)c1ccc2c(c1)CC(CC(F)F)CN2C. The maximum atomic E-state index is 12.6. The highest BCUT2D eigenvalue weighted by atomic mass is 19.3. The number of fused-ring (bicyclic) bond motifs is 1. The Bertz CT molecular complexity index is 552. The molecule has 1 aliphatic rings. The molecule has 1 aromatic rings. The van der Waals surface area contributed by atoms with Crippen LogP contribution in [0.4, 0.5) is 14.5 Å². The quantitative estimate of drug-likeness (QED) is 0.867. The largest absolute Gasteiger partial charge is 0.404 e. The average Bonchev–Trinajstić information content (AvgIpc) is 2.43. The molecule has 1 aromatic carbocycles. The number of nitrogens with zero attached hydrogens (tertiary/aromatic N) is 2. The smallest absolute Gasteiger partial charge is 0.239 e. The zero-order valence-corrected chi connectivity index (χ0v) is 12.4. The first-order chi connectivity index (χ1) is 10.0. The van der Waals surface area contributed by atoms with Gasteiger partial charge in [0.05, 0.1) is 0 Å². The molecule has 1 aliphatic heterocycles. The highest BCUT2D eigenvalue weighted by Gasteiger charge is 2.25. The Morgan fingerprint density at radius 1 is 1.52 bits per heavy atom. The Hall–Kier alpha value is -1.91. The van der Waals surface area contributed by atoms with Crippen LogP contribution in [0.5, 0.6) is 0 Å². The summed E-state index contributed by atoms with van der Waals surface area (Å²) in [7, 11) is 3.64. The molecule has 5 heteroatoms. The van der Waals surface area contributed by atoms with Gasteiger partial charge in [-0.1, -0.05) is 6.07 Å². The molecule has 1 atom stereocenters. The molecule has 0 saturated heterocycles. The molecule has 0 bridgehead atoms. The van der Waals surface area contributed by atoms with E-state index < -0.39 is 6.43 Å². The number of hydrogen-bond acceptors (Lipinski definition) is 3. The van der Waals surface area contributed by atoms with Crippen LogP contribution in [0.3, 0.4) is 0 Å². The first kappa shape index (κ1) is 15.5. The molecular formula is C16H21F2N3. The fourth-order valence-electron chi connectivity index (χ4n) is 2.92. The summed E-state index contributed by atoms with van der Waals surface area (Å²) in [6, 6.07) is 6.04. The molecule has 1 unspecified atom stereocenters. The molecule has 0 aliphatic carbocycles. The fraction of sp³-hybridized carbons (Fsp3) is 0.438. The normalized spacial score (nSPS) is 19.4. The van der Waals surface area contributed by atoms with Crippen molar-refractivity contribution in [3.63, 3.8) is 0 Å². The molecule has 2 rings (SSSR count). The number of rotatable bonds is 4. The van der Waals surface area contributed by atoms with Gasteiger partial charge in [0.15, 0.2) is 0 Å². The lowest BCUT2D eigenvalue weighted by atomic mass is 9.89. The molecule has 3 nitrogen and oxygen atoms in total. The van der Waals surface area contributed by atoms with Gasteiger partial charge >= 0.3 is 0 Å². The number of halogens is 2. The standard InChI is InChI=1S/C16H21F2N3/c1-20-9-14(8-19)12-3-4-15-13(7-12)5-11(6-16(17)18)10-21(15)2/h3-4,7-9,11,16H,5-6,10,19H2,1-2H3. The van der Waals surface area contributed by atoms with Crippen molar-refractivity contribution < 1.29 is 8.78 Å². The molecular weight excluding hydrogens is 272 g/mol. The first-order valence-corrected chi connectivity index (χ1v) is 7.01. The maximum Gasteiger partial charge on any atom is 0.239 e. The minimum atomic E-state index is -2.25. The molecule has 0 amide bonds. The monoisotopic (exact) mass is 293 g/mol. The second-order valence-corrected chi connectivity index (χ2v) is 5.43. The van der Waals surface area contributed by atoms with E-state index >= 15 is 0 Å². The Balaban J connectivity index is 2.30. The lowest BCUT2D eigenvalue weighted by molar-refractivity contribution is 0.115. The van der Waals surface area contributed by atoms with Crippen LogP contribution in [0.15, 0.2) is 29.4 Å². The van der Waals surface area contributed by atoms with Gasteiger partial charge in [0.1, 0.15) is 0 Å². The summed E-state index contributed by atoms with van der Waals surface area (Å²) in [5, 5.41) is 0. The number of alkyl halides is 2. The number of benzene rings is 1. The highest BCUT2D eigenvalue weighted by molar-refractivity contribution is 6.09. The van der Waals surface area contributed by atoms with E-state index in [4.69, 9.17) is 5.73 Å². The topological polar surface area (TPSA) is 41.6 Å². The Labute approximate surface area is 124 Å². The van der Waals surface area contributed by atoms with Gasteiger partial charge in [0, 0.05) is 50.7 Å². The van der Waals surface area contributed by atoms with Crippen molar-refractivity contribution in [2.45, 2.75) is 19.3 Å². The Morgan fingerprint density at radius 3 is 2.90 bits per heavy atom. The van der Waals surface area contributed by atoms with Gasteiger partial charge in [-0.3, -0.25) is 4.99 Å². The average molecular weight is 293 g/mol. The van der Waals surface area contributed by atoms with E-state index in [-0.39, 0.29) is 12.3 Å². The summed E-state index contributed by atoms with van der Waals surface area (Å²) in [6.45, 7) is 0.673. The molecule has 0 aromatic heterocycles. The van der Waals surface area contributed by atoms with E-state index in [1.807, 2.05) is 25.2 Å². The molecule has 0 spiro atoms. The summed E-state index contributed by atoms with van der Waals surface area (Å²) in [5.41, 5.74) is 9.62. The van der Waals surface area contributed by atoms with Crippen LogP contribution in [0.25, 0.3) is 5.57 Å². The molecule has 0 radical (unpaired) electrons. The molecule has 21 heavy (non-hydrogen) atoms. The second kappa shape index (κ2) is 6.70. The van der Waals surface area contributed by atoms with Crippen molar-refractivity contribution in [1.29, 1.82) is 0 Å². The van der Waals surface area contributed by atoms with Gasteiger partial charge in [-0.25, -0.2) is 8.78 Å². The van der Waals surface area contributed by atoms with Crippen LogP contribution in [-0.2, 0) is 6.42 Å². The van der Waals surface area contributed by atoms with Crippen LogP contribution < -0.4 is 10.6 Å². The van der Waals surface area contributed by atoms with E-state index in [0.29, 0.717) is 13.0 Å². The fourth-order valence-corrected chi connectivity index (χ4v) is 2.92. The van der Waals surface area contributed by atoms with E-state index in [1.165, 1.54) is 6.20 Å². The predicted octanol–water partition coefficient (Wildman–Crippen LogP) is 2.95. The molecule has 0 saturated carbocycles. The highest BCUT2D eigenvalue weighted by Crippen LogP contribution is 2.33. The molecule has 1 heterocycles. The lowest BCUT2D eigenvalue weighted by Crippen LogP contribution is -2.33. The number of aliphatic imine (C=N–C) groups is 1. The number of hydrogen-bond donors (Lipinski definition) is 1. The third-order valence-electron chi connectivity index (χ3n) is 3.82. The van der Waals surface area contributed by atoms with Crippen LogP contribution in [0, 0.1) is 5.92 Å². The van der Waals surface area contributed by atoms with Gasteiger partial charge in [-0.05, 0) is 35.6 Å². The van der Waals surface area contributed by atoms with Gasteiger partial charge in [-0.2, -0.15) is 0 Å². The molecule has 2 N–H and O–H groups in total. The number of allylic oxidation sites excluding steroid dienone is 1. The minimum absolute atomic E-state index is 0.0112. The maximum absolute atomic E-state index is 12.6. The minimum Gasteiger partial charge on any atom is -0.404 e. The lowest BCUT2D eigenvalue weighted by Gasteiger charge is -2.33. The Morgan fingerprint density at radius 2 is 2.29 bits per heavy atom. The van der Waals surface area contributed by atoms with E-state index in [1.54, 1.807) is 13.3 Å². The van der Waals surface area contributed by atoms with Gasteiger partial charge < -0.3 is 10.6 Å². The van der Waals surface area contributed by atoms with Crippen molar-refractivity contribution in [3.05, 3.63) is 35.5 Å². The van der Waals surface area contributed by atoms with Crippen molar-refractivity contribution in [1.82, 2.24) is 0 Å². The number of anilines is 1. The summed E-state index contributed by atoms with van der Waals surface area (Å²) < 4.78 is 25.2. The van der Waals surface area contributed by atoms with Gasteiger partial charge in [0.2, 0.25) is 6.43 Å². The third kappa shape index (κ3) is 3.60. The second-order valence-electron chi connectivity index (χ2n) is 5.43. The van der Waals surface area contributed by atoms with Crippen LogP contribution >= 0.6 is 0 Å². The third-order valence-corrected chi connectivity index (χ3v) is 3.82. The molecule has 0 fully saturated rings. The zero-order valence-electron chi connectivity index (χ0n) is 12.4. The van der Waals surface area contributed by atoms with Crippen LogP contribution in [0.1, 0.15) is 17.5 Å². The first-order valence-electron chi connectivity index (χ1n) is 7.01. The summed E-state index contributed by atoms with van der Waals surface area (Å²) in [5.74, 6) is -0.0112. The van der Waals surface area contributed by atoms with Crippen molar-refractivity contribution in [3.8, 4) is 0 Å². The van der Waals surface area contributed by atoms with Crippen LogP contribution in [0.2, 0.25) is 0 Å². The number of nitrogens with two attached hydrogens (primary N) is 1. The molecule has 114 valence electrons. The zero-order chi connectivity index (χ0) is 15.4. The summed E-state index contributed by atoms with van der Waals surface area (Å²) >= 11 is 0. The van der Waals surface area contributed by atoms with Crippen LogP contribution in [-0.4, -0.2) is 33.3 Å². The van der Waals surface area contributed by atoms with Crippen molar-refractivity contribution in [2.75, 3.05) is 25.5 Å². The van der Waals surface area contributed by atoms with Gasteiger partial charge in [-0.15, -0.1) is 0 Å². The van der Waals surface area contributed by atoms with Crippen molar-refractivity contribution in [2.24, 2.45) is 16.6 Å². The summed E-state index contributed by atoms with van der Waals surface area (Å²) in [6.07, 6.45) is 1.59. The van der Waals surface area contributed by atoms with Gasteiger partial charge in [0.25, 0.3) is 0 Å². The summed E-state index contributed by atoms with van der Waals surface area (Å²) in [4.78, 5) is 6.03. The van der Waals surface area contributed by atoms with Crippen molar-refractivity contribution >= 4 is 17.5 Å². The Kier molecular flexibility index (Phi) is 4.94. The predicted molar refractivity (Wildman–Crippen MR) is 84.1 cm³/mol. The van der Waals surface area contributed by atoms with E-state index in [0.717, 1.165) is 22.4 Å². The van der Waals surface area contributed by atoms with E-state index in [2.05, 4.69) is 9.89 Å².